The van der Waals surface area contributed by atoms with Crippen LogP contribution in [-0.4, -0.2) is 49.1 Å². The maximum atomic E-state index is 12.5. The lowest BCUT2D eigenvalue weighted by molar-refractivity contribution is -0.153. The van der Waals surface area contributed by atoms with Crippen LogP contribution in [0.5, 0.6) is 11.5 Å². The van der Waals surface area contributed by atoms with Crippen LogP contribution in [0.1, 0.15) is 0 Å². The summed E-state index contributed by atoms with van der Waals surface area (Å²) in [4.78, 5) is 7.44. The number of ether oxygens (including phenoxy) is 2. The van der Waals surface area contributed by atoms with Crippen LogP contribution in [0.4, 0.5) is 43.7 Å². The highest BCUT2D eigenvalue weighted by Crippen LogP contribution is 2.29. The molecule has 0 radical (unpaired) electrons. The molecule has 204 valence electrons. The topological polar surface area (TPSA) is 114 Å². The molecule has 0 bridgehead atoms. The number of anilines is 3. The van der Waals surface area contributed by atoms with E-state index in [4.69, 9.17) is 12.2 Å². The van der Waals surface area contributed by atoms with E-state index < -0.39 is 47.1 Å². The Bertz CT molecular complexity index is 1320. The number of nitrogens with one attached hydrogen (secondary N) is 3. The monoisotopic (exact) mass is 581 g/mol. The molecule has 0 saturated carbocycles. The number of hydrogen-bond acceptors (Lipinski definition) is 7. The molecule has 0 aliphatic rings. The van der Waals surface area contributed by atoms with Crippen LogP contribution in [0.3, 0.4) is 0 Å². The molecular formula is C21H17F6N5O4S2. The average Bonchev–Trinajstić information content (AvgIpc) is 2.81. The molecule has 0 amide bonds. The van der Waals surface area contributed by atoms with Crippen molar-refractivity contribution < 1.29 is 44.2 Å². The normalized spacial score (nSPS) is 11.9. The molecule has 0 atom stereocenters. The van der Waals surface area contributed by atoms with E-state index in [0.717, 1.165) is 18.2 Å². The Kier molecular flexibility index (Phi) is 8.82. The third-order valence-corrected chi connectivity index (χ3v) is 5.71. The van der Waals surface area contributed by atoms with Crippen molar-refractivity contribution in [2.75, 3.05) is 28.6 Å². The lowest BCUT2D eigenvalue weighted by Gasteiger charge is -2.16. The number of thiocarbonyl (C=S) groups is 1. The van der Waals surface area contributed by atoms with Crippen molar-refractivity contribution >= 4 is 44.7 Å². The van der Waals surface area contributed by atoms with Gasteiger partial charge in [-0.2, -0.15) is 26.3 Å². The van der Waals surface area contributed by atoms with Crippen molar-refractivity contribution in [3.63, 3.8) is 0 Å². The van der Waals surface area contributed by atoms with Crippen LogP contribution in [0.25, 0.3) is 0 Å². The van der Waals surface area contributed by atoms with Gasteiger partial charge in [0.15, 0.2) is 18.3 Å². The van der Waals surface area contributed by atoms with E-state index in [0.29, 0.717) is 5.69 Å². The molecular weight excluding hydrogens is 564 g/mol. The maximum Gasteiger partial charge on any atom is 0.422 e. The lowest BCUT2D eigenvalue weighted by Crippen LogP contribution is -2.21. The van der Waals surface area contributed by atoms with Gasteiger partial charge in [-0.3, -0.25) is 0 Å². The molecule has 2 aromatic carbocycles. The lowest BCUT2D eigenvalue weighted by atomic mass is 10.2. The molecule has 17 heteroatoms. The van der Waals surface area contributed by atoms with Gasteiger partial charge in [-0.05, 0) is 42.5 Å². The van der Waals surface area contributed by atoms with Gasteiger partial charge >= 0.3 is 12.4 Å². The van der Waals surface area contributed by atoms with Gasteiger partial charge in [-0.1, -0.05) is 0 Å². The van der Waals surface area contributed by atoms with Crippen molar-refractivity contribution in [2.45, 2.75) is 17.2 Å². The second-order valence-electron chi connectivity index (χ2n) is 7.28. The summed E-state index contributed by atoms with van der Waals surface area (Å²) in [5.74, 6) is -0.964. The van der Waals surface area contributed by atoms with Crippen molar-refractivity contribution in [3.8, 4) is 11.5 Å². The Morgan fingerprint density at radius 2 is 1.32 bits per heavy atom. The summed E-state index contributed by atoms with van der Waals surface area (Å²) < 4.78 is 111. The highest BCUT2D eigenvalue weighted by atomic mass is 32.2. The number of rotatable bonds is 9. The van der Waals surface area contributed by atoms with Crippen LogP contribution in [0.15, 0.2) is 65.8 Å². The number of sulfonamides is 1. The molecule has 0 aliphatic heterocycles. The molecule has 3 rings (SSSR count). The van der Waals surface area contributed by atoms with Crippen molar-refractivity contribution in [2.24, 2.45) is 0 Å². The fraction of sp³-hybridized carbons (Fsp3) is 0.190. The average molecular weight is 582 g/mol. The highest BCUT2D eigenvalue weighted by molar-refractivity contribution is 7.92. The summed E-state index contributed by atoms with van der Waals surface area (Å²) in [5, 5.41) is 5.18. The van der Waals surface area contributed by atoms with Gasteiger partial charge in [-0.15, -0.1) is 0 Å². The number of nitrogens with zero attached hydrogens (tertiary/aromatic N) is 2. The van der Waals surface area contributed by atoms with E-state index in [2.05, 4.69) is 34.8 Å². The first kappa shape index (κ1) is 28.7. The zero-order valence-corrected chi connectivity index (χ0v) is 20.4. The number of aromatic nitrogens is 2. The second-order valence-corrected chi connectivity index (χ2v) is 9.37. The van der Waals surface area contributed by atoms with Gasteiger partial charge in [0.25, 0.3) is 10.0 Å². The molecule has 1 heterocycles. The molecule has 3 aromatic rings. The Balaban J connectivity index is 1.69. The first-order valence-corrected chi connectivity index (χ1v) is 12.1. The van der Waals surface area contributed by atoms with Crippen molar-refractivity contribution in [1.29, 1.82) is 0 Å². The summed E-state index contributed by atoms with van der Waals surface area (Å²) in [7, 11) is -3.99. The molecule has 0 fully saturated rings. The molecule has 9 nitrogen and oxygen atoms in total. The number of halogens is 6. The molecule has 0 saturated heterocycles. The summed E-state index contributed by atoms with van der Waals surface area (Å²) in [5.41, 5.74) is 0.279. The first-order chi connectivity index (χ1) is 17.7. The van der Waals surface area contributed by atoms with Crippen LogP contribution >= 0.6 is 12.2 Å². The second kappa shape index (κ2) is 11.7. The predicted octanol–water partition coefficient (Wildman–Crippen LogP) is 4.97. The van der Waals surface area contributed by atoms with Gasteiger partial charge in [-0.25, -0.2) is 23.1 Å². The minimum Gasteiger partial charge on any atom is -0.484 e. The fourth-order valence-electron chi connectivity index (χ4n) is 2.68. The van der Waals surface area contributed by atoms with E-state index in [1.54, 1.807) is 0 Å². The van der Waals surface area contributed by atoms with E-state index in [9.17, 15) is 34.8 Å². The van der Waals surface area contributed by atoms with E-state index in [1.807, 2.05) is 0 Å². The van der Waals surface area contributed by atoms with Crippen LogP contribution in [0, 0.1) is 0 Å². The summed E-state index contributed by atoms with van der Waals surface area (Å²) in [6.45, 7) is -3.36. The quantitative estimate of drug-likeness (QED) is 0.238. The third kappa shape index (κ3) is 9.55. The molecule has 0 aliphatic carbocycles. The van der Waals surface area contributed by atoms with E-state index >= 15 is 0 Å². The molecule has 38 heavy (non-hydrogen) atoms. The number of hydrogen-bond donors (Lipinski definition) is 3. The van der Waals surface area contributed by atoms with Gasteiger partial charge < -0.3 is 20.1 Å². The summed E-state index contributed by atoms with van der Waals surface area (Å²) in [6.07, 6.45) is -6.65. The summed E-state index contributed by atoms with van der Waals surface area (Å²) >= 11 is 5.13. The maximum absolute atomic E-state index is 12.5. The minimum atomic E-state index is -4.68. The van der Waals surface area contributed by atoms with Gasteiger partial charge in [0.1, 0.15) is 11.5 Å². The Morgan fingerprint density at radius 1 is 0.816 bits per heavy atom. The Morgan fingerprint density at radius 3 is 1.82 bits per heavy atom. The van der Waals surface area contributed by atoms with Gasteiger partial charge in [0.05, 0.1) is 4.90 Å². The fourth-order valence-corrected chi connectivity index (χ4v) is 3.88. The molecule has 0 spiro atoms. The van der Waals surface area contributed by atoms with Crippen molar-refractivity contribution in [1.82, 2.24) is 9.97 Å². The first-order valence-electron chi connectivity index (χ1n) is 10.2. The largest absolute Gasteiger partial charge is 0.484 e. The SMILES string of the molecule is O=S(=O)(Nc1ncccn1)c1ccc(NC(=S)Nc2cc(OCC(F)(F)F)cc(OCC(F)(F)F)c2)cc1. The predicted molar refractivity (Wildman–Crippen MR) is 129 cm³/mol. The van der Waals surface area contributed by atoms with Crippen LogP contribution in [-0.2, 0) is 10.0 Å². The zero-order valence-electron chi connectivity index (χ0n) is 18.8. The van der Waals surface area contributed by atoms with Crippen LogP contribution in [0.2, 0.25) is 0 Å². The molecule has 1 aromatic heterocycles. The molecule has 0 unspecified atom stereocenters. The van der Waals surface area contributed by atoms with Crippen LogP contribution < -0.4 is 24.8 Å². The zero-order chi connectivity index (χ0) is 28.0. The number of benzene rings is 2. The van der Waals surface area contributed by atoms with Gasteiger partial charge in [0, 0.05) is 42.0 Å². The Labute approximate surface area is 217 Å². The van der Waals surface area contributed by atoms with Gasteiger partial charge in [0.2, 0.25) is 5.95 Å². The highest BCUT2D eigenvalue weighted by Gasteiger charge is 2.30. The summed E-state index contributed by atoms with van der Waals surface area (Å²) in [6, 6.07) is 9.78. The number of alkyl halides is 6. The standard InChI is InChI=1S/C21H17F6N5O4S2/c22-20(23,24)11-35-15-8-14(9-16(10-15)36-12-21(25,26)27)31-19(37)30-13-2-4-17(5-3-13)38(33,34)32-18-28-6-1-7-29-18/h1-10H,11-12H2,(H,28,29,32)(H2,30,31,37). The minimum absolute atomic E-state index is 0.0365. The van der Waals surface area contributed by atoms with E-state index in [1.165, 1.54) is 42.7 Å². The third-order valence-electron chi connectivity index (χ3n) is 4.16. The Hall–Kier alpha value is -3.86. The smallest absolute Gasteiger partial charge is 0.422 e. The van der Waals surface area contributed by atoms with Crippen molar-refractivity contribution in [3.05, 3.63) is 60.9 Å². The molecule has 3 N–H and O–H groups in total. The van der Waals surface area contributed by atoms with E-state index in [-0.39, 0.29) is 21.6 Å².